The third-order valence-corrected chi connectivity index (χ3v) is 6.32. The van der Waals surface area contributed by atoms with E-state index in [2.05, 4.69) is 20.7 Å². The molecule has 2 N–H and O–H groups in total. The van der Waals surface area contributed by atoms with Gasteiger partial charge in [-0.3, -0.25) is 19.3 Å². The van der Waals surface area contributed by atoms with Crippen molar-refractivity contribution in [2.75, 3.05) is 10.6 Å². The normalized spacial score (nSPS) is 13.8. The molecule has 0 unspecified atom stereocenters. The Balaban J connectivity index is 1.26. The van der Waals surface area contributed by atoms with Gasteiger partial charge in [0, 0.05) is 37.1 Å². The monoisotopic (exact) mass is 477 g/mol. The van der Waals surface area contributed by atoms with Crippen molar-refractivity contribution in [2.24, 2.45) is 12.5 Å². The predicted octanol–water partition coefficient (Wildman–Crippen LogP) is 4.83. The van der Waals surface area contributed by atoms with Crippen LogP contribution in [0.4, 0.5) is 15.1 Å². The fourth-order valence-corrected chi connectivity index (χ4v) is 4.10. The highest BCUT2D eigenvalue weighted by Gasteiger charge is 2.56. The smallest absolute Gasteiger partial charge is 0.240 e. The quantitative estimate of drug-likeness (QED) is 0.372. The molecule has 1 aliphatic carbocycles. The van der Waals surface area contributed by atoms with E-state index in [0.29, 0.717) is 29.3 Å². The molecule has 0 aliphatic heterocycles. The van der Waals surface area contributed by atoms with E-state index in [1.165, 1.54) is 23.5 Å². The average molecular weight is 478 g/mol. The number of aryl methyl sites for hydroxylation is 1. The van der Waals surface area contributed by atoms with Crippen LogP contribution in [0, 0.1) is 11.2 Å². The van der Waals surface area contributed by atoms with E-state index < -0.39 is 17.1 Å². The fraction of sp³-hybridized carbons (Fsp3) is 0.167. The number of rotatable bonds is 7. The second-order valence-electron chi connectivity index (χ2n) is 7.99. The van der Waals surface area contributed by atoms with E-state index in [0.717, 1.165) is 5.56 Å². The van der Waals surface area contributed by atoms with Gasteiger partial charge in [-0.1, -0.05) is 0 Å². The first kappa shape index (κ1) is 21.8. The first-order valence-corrected chi connectivity index (χ1v) is 11.4. The van der Waals surface area contributed by atoms with E-state index in [9.17, 15) is 14.0 Å². The van der Waals surface area contributed by atoms with Crippen LogP contribution in [-0.2, 0) is 16.6 Å². The number of nitrogens with zero attached hydrogens (tertiary/aromatic N) is 3. The Morgan fingerprint density at radius 2 is 1.91 bits per heavy atom. The van der Waals surface area contributed by atoms with E-state index in [1.807, 2.05) is 24.7 Å². The highest BCUT2D eigenvalue weighted by atomic mass is 32.1. The molecule has 10 heteroatoms. The number of nitrogens with one attached hydrogen (secondary N) is 2. The molecule has 1 fully saturated rings. The highest BCUT2D eigenvalue weighted by molar-refractivity contribution is 7.14. The third kappa shape index (κ3) is 4.40. The Morgan fingerprint density at radius 1 is 1.12 bits per heavy atom. The maximum atomic E-state index is 14.8. The van der Waals surface area contributed by atoms with E-state index in [-0.39, 0.29) is 17.3 Å². The number of anilines is 2. The molecule has 5 rings (SSSR count). The standard InChI is InChI=1S/C24H20FN5O3S/c1-30-14-15(13-27-30)20-12-17(6-9-26-20)33-16-4-5-19(18(25)11-16)28-22(31)24(7-8-24)23(32)29-21-3-2-10-34-21/h2-6,9-14H,7-8H2,1H3,(H,28,31)(H,29,32). The molecule has 8 nitrogen and oxygen atoms in total. The summed E-state index contributed by atoms with van der Waals surface area (Å²) in [4.78, 5) is 29.7. The van der Waals surface area contributed by atoms with Gasteiger partial charge < -0.3 is 15.4 Å². The summed E-state index contributed by atoms with van der Waals surface area (Å²) in [5.74, 6) is -0.830. The Morgan fingerprint density at radius 3 is 2.59 bits per heavy atom. The Kier molecular flexibility index (Phi) is 5.58. The lowest BCUT2D eigenvalue weighted by atomic mass is 10.1. The molecule has 1 aromatic carbocycles. The number of thiophene rings is 1. The largest absolute Gasteiger partial charge is 0.457 e. The lowest BCUT2D eigenvalue weighted by Crippen LogP contribution is -2.35. The number of hydrogen-bond donors (Lipinski definition) is 2. The summed E-state index contributed by atoms with van der Waals surface area (Å²) >= 11 is 1.37. The van der Waals surface area contributed by atoms with Gasteiger partial charge in [-0.2, -0.15) is 5.10 Å². The molecule has 0 atom stereocenters. The summed E-state index contributed by atoms with van der Waals surface area (Å²) in [6.07, 6.45) is 5.95. The summed E-state index contributed by atoms with van der Waals surface area (Å²) in [5.41, 5.74) is 0.309. The molecule has 1 aliphatic rings. The van der Waals surface area contributed by atoms with Crippen molar-refractivity contribution in [3.63, 3.8) is 0 Å². The minimum atomic E-state index is -1.18. The zero-order valence-corrected chi connectivity index (χ0v) is 18.9. The number of carbonyl (C=O) groups excluding carboxylic acids is 2. The second-order valence-corrected chi connectivity index (χ2v) is 8.94. The van der Waals surface area contributed by atoms with Gasteiger partial charge in [-0.25, -0.2) is 4.39 Å². The number of ether oxygens (including phenoxy) is 1. The molecular weight excluding hydrogens is 457 g/mol. The van der Waals surface area contributed by atoms with Crippen LogP contribution in [0.5, 0.6) is 11.5 Å². The van der Waals surface area contributed by atoms with Crippen LogP contribution in [0.3, 0.4) is 0 Å². The van der Waals surface area contributed by atoms with Gasteiger partial charge in [0.25, 0.3) is 0 Å². The number of aromatic nitrogens is 3. The van der Waals surface area contributed by atoms with Gasteiger partial charge in [0.2, 0.25) is 11.8 Å². The summed E-state index contributed by atoms with van der Waals surface area (Å²) in [5, 5.41) is 11.9. The zero-order valence-electron chi connectivity index (χ0n) is 18.1. The molecule has 0 bridgehead atoms. The van der Waals surface area contributed by atoms with Gasteiger partial charge in [-0.15, -0.1) is 11.3 Å². The number of pyridine rings is 1. The summed E-state index contributed by atoms with van der Waals surface area (Å²) in [7, 11) is 1.81. The Bertz CT molecular complexity index is 1360. The van der Waals surface area contributed by atoms with Crippen LogP contribution in [0.2, 0.25) is 0 Å². The number of benzene rings is 1. The van der Waals surface area contributed by atoms with E-state index >= 15 is 0 Å². The number of hydrogen-bond acceptors (Lipinski definition) is 6. The maximum Gasteiger partial charge on any atom is 0.240 e. The Hall–Kier alpha value is -4.05. The molecule has 3 heterocycles. The van der Waals surface area contributed by atoms with Gasteiger partial charge in [0.1, 0.15) is 22.7 Å². The maximum absolute atomic E-state index is 14.8. The van der Waals surface area contributed by atoms with E-state index in [1.54, 1.807) is 41.3 Å². The SMILES string of the molecule is Cn1cc(-c2cc(Oc3ccc(NC(=O)C4(C(=O)Nc5cccs5)CC4)c(F)c3)ccn2)cn1. The van der Waals surface area contributed by atoms with Crippen molar-refractivity contribution in [3.8, 4) is 22.8 Å². The molecule has 0 radical (unpaired) electrons. The molecule has 34 heavy (non-hydrogen) atoms. The molecular formula is C24H20FN5O3S. The molecule has 0 saturated heterocycles. The predicted molar refractivity (Wildman–Crippen MR) is 126 cm³/mol. The number of halogens is 1. The van der Waals surface area contributed by atoms with Crippen molar-refractivity contribution < 1.29 is 18.7 Å². The topological polar surface area (TPSA) is 98.1 Å². The van der Waals surface area contributed by atoms with Crippen LogP contribution in [-0.4, -0.2) is 26.6 Å². The summed E-state index contributed by atoms with van der Waals surface area (Å²) in [6.45, 7) is 0. The van der Waals surface area contributed by atoms with Crippen molar-refractivity contribution in [2.45, 2.75) is 12.8 Å². The average Bonchev–Trinajstić information content (AvgIpc) is 3.27. The fourth-order valence-electron chi connectivity index (χ4n) is 3.49. The third-order valence-electron chi connectivity index (χ3n) is 5.53. The zero-order chi connectivity index (χ0) is 23.7. The van der Waals surface area contributed by atoms with Crippen molar-refractivity contribution in [1.82, 2.24) is 14.8 Å². The lowest BCUT2D eigenvalue weighted by molar-refractivity contribution is -0.131. The minimum absolute atomic E-state index is 0.0154. The molecule has 1 saturated carbocycles. The van der Waals surface area contributed by atoms with Gasteiger partial charge >= 0.3 is 0 Å². The van der Waals surface area contributed by atoms with Crippen LogP contribution < -0.4 is 15.4 Å². The molecule has 2 amide bonds. The lowest BCUT2D eigenvalue weighted by Gasteiger charge is -2.15. The van der Waals surface area contributed by atoms with Crippen LogP contribution in [0.1, 0.15) is 12.8 Å². The van der Waals surface area contributed by atoms with Gasteiger partial charge in [0.15, 0.2) is 0 Å². The second kappa shape index (κ2) is 8.71. The van der Waals surface area contributed by atoms with Crippen LogP contribution in [0.15, 0.2) is 66.4 Å². The molecule has 4 aromatic rings. The first-order chi connectivity index (χ1) is 16.4. The van der Waals surface area contributed by atoms with Crippen LogP contribution >= 0.6 is 11.3 Å². The van der Waals surface area contributed by atoms with Crippen molar-refractivity contribution >= 4 is 33.8 Å². The number of carbonyl (C=O) groups is 2. The van der Waals surface area contributed by atoms with Crippen molar-refractivity contribution in [1.29, 1.82) is 0 Å². The number of amides is 2. The molecule has 0 spiro atoms. The van der Waals surface area contributed by atoms with Gasteiger partial charge in [0.05, 0.1) is 22.6 Å². The summed E-state index contributed by atoms with van der Waals surface area (Å²) < 4.78 is 22.2. The molecule has 3 aromatic heterocycles. The summed E-state index contributed by atoms with van der Waals surface area (Å²) in [6, 6.07) is 11.1. The van der Waals surface area contributed by atoms with E-state index in [4.69, 9.17) is 4.74 Å². The minimum Gasteiger partial charge on any atom is -0.457 e. The first-order valence-electron chi connectivity index (χ1n) is 10.5. The highest BCUT2D eigenvalue weighted by Crippen LogP contribution is 2.48. The van der Waals surface area contributed by atoms with Crippen LogP contribution in [0.25, 0.3) is 11.3 Å². The Labute approximate surface area is 198 Å². The van der Waals surface area contributed by atoms with Crippen molar-refractivity contribution in [3.05, 3.63) is 72.3 Å². The van der Waals surface area contributed by atoms with Gasteiger partial charge in [-0.05, 0) is 48.6 Å². The molecule has 172 valence electrons.